The van der Waals surface area contributed by atoms with Crippen LogP contribution in [0.2, 0.25) is 0 Å². The van der Waals surface area contributed by atoms with Gasteiger partial charge in [-0.05, 0) is 43.2 Å². The van der Waals surface area contributed by atoms with Gasteiger partial charge in [-0.15, -0.1) is 10.2 Å². The molecule has 0 radical (unpaired) electrons. The second-order valence-corrected chi connectivity index (χ2v) is 7.73. The summed E-state index contributed by atoms with van der Waals surface area (Å²) in [5, 5.41) is 16.2. The van der Waals surface area contributed by atoms with Gasteiger partial charge in [-0.2, -0.15) is 0 Å². The lowest BCUT2D eigenvalue weighted by atomic mass is 10.2. The molecule has 0 spiro atoms. The number of thioether (sulfide) groups is 1. The van der Waals surface area contributed by atoms with E-state index in [0.717, 1.165) is 55.0 Å². The first-order valence-electron chi connectivity index (χ1n) is 9.76. The normalized spacial score (nSPS) is 11.9. The predicted octanol–water partition coefficient (Wildman–Crippen LogP) is 3.48. The largest absolute Gasteiger partial charge is 0.357 e. The number of guanidine groups is 1. The van der Waals surface area contributed by atoms with Gasteiger partial charge < -0.3 is 15.2 Å². The summed E-state index contributed by atoms with van der Waals surface area (Å²) < 4.78 is 15.2. The van der Waals surface area contributed by atoms with Crippen LogP contribution in [0, 0.1) is 11.7 Å². The van der Waals surface area contributed by atoms with Crippen molar-refractivity contribution < 1.29 is 4.39 Å². The first kappa shape index (κ1) is 22.2. The number of aliphatic imine (C=N–C) groups is 1. The van der Waals surface area contributed by atoms with Crippen LogP contribution in [0.25, 0.3) is 0 Å². The van der Waals surface area contributed by atoms with Crippen molar-refractivity contribution in [2.24, 2.45) is 10.9 Å². The van der Waals surface area contributed by atoms with E-state index in [1.807, 2.05) is 13.2 Å². The lowest BCUT2D eigenvalue weighted by Gasteiger charge is -2.13. The van der Waals surface area contributed by atoms with Crippen molar-refractivity contribution in [3.8, 4) is 0 Å². The molecule has 8 heteroatoms. The highest BCUT2D eigenvalue weighted by Crippen LogP contribution is 2.16. The number of aryl methyl sites for hydroxylation is 1. The third-order valence-electron chi connectivity index (χ3n) is 4.07. The van der Waals surface area contributed by atoms with E-state index < -0.39 is 0 Å². The highest BCUT2D eigenvalue weighted by molar-refractivity contribution is 7.98. The number of nitrogens with zero attached hydrogens (tertiary/aromatic N) is 4. The third-order valence-corrected chi connectivity index (χ3v) is 4.74. The summed E-state index contributed by atoms with van der Waals surface area (Å²) in [4.78, 5) is 4.57. The Morgan fingerprint density at radius 1 is 1.21 bits per heavy atom. The van der Waals surface area contributed by atoms with Crippen LogP contribution in [0.3, 0.4) is 0 Å². The van der Waals surface area contributed by atoms with E-state index in [9.17, 15) is 4.39 Å². The van der Waals surface area contributed by atoms with Crippen molar-refractivity contribution in [3.63, 3.8) is 0 Å². The van der Waals surface area contributed by atoms with Gasteiger partial charge in [0, 0.05) is 26.1 Å². The van der Waals surface area contributed by atoms with E-state index >= 15 is 0 Å². The number of nitrogens with one attached hydrogen (secondary N) is 2. The van der Waals surface area contributed by atoms with E-state index in [1.54, 1.807) is 23.9 Å². The maximum absolute atomic E-state index is 13.0. The molecular formula is C20H31FN6S. The zero-order valence-electron chi connectivity index (χ0n) is 17.2. The summed E-state index contributed by atoms with van der Waals surface area (Å²) >= 11 is 1.64. The van der Waals surface area contributed by atoms with Crippen LogP contribution in [0.4, 0.5) is 4.39 Å². The molecule has 0 amide bonds. The molecule has 0 atom stereocenters. The molecule has 2 aromatic rings. The predicted molar refractivity (Wildman–Crippen MR) is 114 cm³/mol. The molecule has 0 saturated carbocycles. The fourth-order valence-corrected chi connectivity index (χ4v) is 3.28. The van der Waals surface area contributed by atoms with Crippen LogP contribution in [-0.2, 0) is 19.5 Å². The molecule has 0 fully saturated rings. The number of rotatable bonds is 10. The molecule has 1 aromatic heterocycles. The van der Waals surface area contributed by atoms with Gasteiger partial charge in [-0.3, -0.25) is 0 Å². The van der Waals surface area contributed by atoms with Gasteiger partial charge in [0.2, 0.25) is 0 Å². The van der Waals surface area contributed by atoms with Crippen molar-refractivity contribution in [2.45, 2.75) is 51.9 Å². The molecule has 0 aliphatic rings. The first-order chi connectivity index (χ1) is 13.5. The van der Waals surface area contributed by atoms with Crippen molar-refractivity contribution in [1.29, 1.82) is 0 Å². The zero-order valence-corrected chi connectivity index (χ0v) is 18.0. The van der Waals surface area contributed by atoms with E-state index in [-0.39, 0.29) is 5.82 Å². The summed E-state index contributed by atoms with van der Waals surface area (Å²) in [6, 6.07) is 6.43. The molecule has 0 aliphatic carbocycles. The second kappa shape index (κ2) is 11.7. The van der Waals surface area contributed by atoms with E-state index in [1.165, 1.54) is 12.1 Å². The standard InChI is InChI=1S/C20H31FN6S/c1-5-22-19(24-13-16-8-10-17(21)11-9-16)23-12-6-7-18-25-26-20(28-4)27(18)14-15(2)3/h8-11,15H,5-7,12-14H2,1-4H3,(H2,22,23,24). The molecule has 2 rings (SSSR count). The van der Waals surface area contributed by atoms with E-state index in [4.69, 9.17) is 0 Å². The van der Waals surface area contributed by atoms with E-state index in [2.05, 4.69) is 44.2 Å². The lowest BCUT2D eigenvalue weighted by Crippen LogP contribution is -2.37. The van der Waals surface area contributed by atoms with Gasteiger partial charge in [0.1, 0.15) is 11.6 Å². The fraction of sp³-hybridized carbons (Fsp3) is 0.550. The molecule has 2 N–H and O–H groups in total. The molecule has 28 heavy (non-hydrogen) atoms. The van der Waals surface area contributed by atoms with Crippen LogP contribution in [0.5, 0.6) is 0 Å². The van der Waals surface area contributed by atoms with Crippen LogP contribution in [0.15, 0.2) is 34.4 Å². The van der Waals surface area contributed by atoms with Crippen molar-refractivity contribution >= 4 is 17.7 Å². The molecule has 0 unspecified atom stereocenters. The Balaban J connectivity index is 1.86. The molecule has 0 bridgehead atoms. The van der Waals surface area contributed by atoms with Gasteiger partial charge in [0.05, 0.1) is 6.54 Å². The van der Waals surface area contributed by atoms with Crippen LogP contribution >= 0.6 is 11.8 Å². The Morgan fingerprint density at radius 2 is 1.96 bits per heavy atom. The van der Waals surface area contributed by atoms with Crippen molar-refractivity contribution in [2.75, 3.05) is 19.3 Å². The SMILES string of the molecule is CCNC(=NCc1ccc(F)cc1)NCCCc1nnc(SC)n1CC(C)C. The third kappa shape index (κ3) is 7.14. The molecular weight excluding hydrogens is 375 g/mol. The van der Waals surface area contributed by atoms with Gasteiger partial charge in [-0.1, -0.05) is 37.7 Å². The van der Waals surface area contributed by atoms with Gasteiger partial charge in [-0.25, -0.2) is 9.38 Å². The lowest BCUT2D eigenvalue weighted by molar-refractivity contribution is 0.477. The number of aromatic nitrogens is 3. The Morgan fingerprint density at radius 3 is 2.61 bits per heavy atom. The fourth-order valence-electron chi connectivity index (χ4n) is 2.76. The number of hydrogen-bond acceptors (Lipinski definition) is 4. The van der Waals surface area contributed by atoms with Crippen LogP contribution in [-0.4, -0.2) is 40.1 Å². The minimum atomic E-state index is -0.229. The molecule has 154 valence electrons. The Kier molecular flexibility index (Phi) is 9.27. The summed E-state index contributed by atoms with van der Waals surface area (Å²) in [7, 11) is 0. The van der Waals surface area contributed by atoms with Crippen molar-refractivity contribution in [3.05, 3.63) is 41.5 Å². The van der Waals surface area contributed by atoms with Crippen LogP contribution in [0.1, 0.15) is 38.6 Å². The molecule has 6 nitrogen and oxygen atoms in total. The van der Waals surface area contributed by atoms with Gasteiger partial charge in [0.15, 0.2) is 11.1 Å². The second-order valence-electron chi connectivity index (χ2n) is 6.96. The topological polar surface area (TPSA) is 67.1 Å². The Hall–Kier alpha value is -2.09. The molecule has 0 aliphatic heterocycles. The minimum Gasteiger partial charge on any atom is -0.357 e. The minimum absolute atomic E-state index is 0.229. The quantitative estimate of drug-likeness (QED) is 0.274. The summed E-state index contributed by atoms with van der Waals surface area (Å²) in [6.07, 6.45) is 3.84. The van der Waals surface area contributed by atoms with Crippen LogP contribution < -0.4 is 10.6 Å². The smallest absolute Gasteiger partial charge is 0.191 e. The number of benzene rings is 1. The first-order valence-corrected chi connectivity index (χ1v) is 11.0. The van der Waals surface area contributed by atoms with Gasteiger partial charge >= 0.3 is 0 Å². The zero-order chi connectivity index (χ0) is 20.4. The van der Waals surface area contributed by atoms with Crippen molar-refractivity contribution in [1.82, 2.24) is 25.4 Å². The monoisotopic (exact) mass is 406 g/mol. The summed E-state index contributed by atoms with van der Waals surface area (Å²) in [5.74, 6) is 2.12. The molecule has 1 heterocycles. The number of hydrogen-bond donors (Lipinski definition) is 2. The van der Waals surface area contributed by atoms with E-state index in [0.29, 0.717) is 12.5 Å². The maximum Gasteiger partial charge on any atom is 0.191 e. The Bertz CT molecular complexity index is 742. The number of halogens is 1. The average molecular weight is 407 g/mol. The maximum atomic E-state index is 13.0. The summed E-state index contributed by atoms with van der Waals surface area (Å²) in [6.45, 7) is 9.47. The molecule has 1 aromatic carbocycles. The van der Waals surface area contributed by atoms with Gasteiger partial charge in [0.25, 0.3) is 0 Å². The average Bonchev–Trinajstić information content (AvgIpc) is 3.05. The Labute approximate surface area is 171 Å². The highest BCUT2D eigenvalue weighted by atomic mass is 32.2. The highest BCUT2D eigenvalue weighted by Gasteiger charge is 2.12. The molecule has 0 saturated heterocycles. The summed E-state index contributed by atoms with van der Waals surface area (Å²) in [5.41, 5.74) is 0.977.